The first kappa shape index (κ1) is 15.4. The van der Waals surface area contributed by atoms with E-state index < -0.39 is 0 Å². The molecule has 1 saturated carbocycles. The molecule has 120 valence electrons. The Morgan fingerprint density at radius 3 is 2.50 bits per heavy atom. The molecule has 1 aliphatic carbocycles. The molecule has 22 heavy (non-hydrogen) atoms. The molecule has 1 saturated heterocycles. The molecule has 2 fully saturated rings. The van der Waals surface area contributed by atoms with E-state index in [1.165, 1.54) is 12.8 Å². The molecule has 2 aliphatic rings. The number of para-hydroxylation sites is 1. The van der Waals surface area contributed by atoms with E-state index in [0.29, 0.717) is 5.02 Å². The van der Waals surface area contributed by atoms with E-state index in [4.69, 9.17) is 11.6 Å². The van der Waals surface area contributed by atoms with Crippen LogP contribution < -0.4 is 10.2 Å². The van der Waals surface area contributed by atoms with Gasteiger partial charge in [0.2, 0.25) is 0 Å². The van der Waals surface area contributed by atoms with Gasteiger partial charge in [0.15, 0.2) is 0 Å². The highest BCUT2D eigenvalue weighted by Gasteiger charge is 2.32. The second-order valence-corrected chi connectivity index (χ2v) is 6.62. The molecule has 0 atom stereocenters. The van der Waals surface area contributed by atoms with Gasteiger partial charge in [0.05, 0.1) is 16.4 Å². The summed E-state index contributed by atoms with van der Waals surface area (Å²) in [6.07, 6.45) is 2.64. The third-order valence-corrected chi connectivity index (χ3v) is 4.65. The highest BCUT2D eigenvalue weighted by molar-refractivity contribution is 6.34. The molecule has 1 aromatic carbocycles. The van der Waals surface area contributed by atoms with Crippen LogP contribution >= 0.6 is 11.6 Å². The van der Waals surface area contributed by atoms with E-state index in [1.807, 2.05) is 42.1 Å². The lowest BCUT2D eigenvalue weighted by molar-refractivity contribution is 0.142. The van der Waals surface area contributed by atoms with Crippen molar-refractivity contribution in [1.29, 1.82) is 0 Å². The zero-order chi connectivity index (χ0) is 15.7. The van der Waals surface area contributed by atoms with Crippen LogP contribution in [0.2, 0.25) is 5.02 Å². The van der Waals surface area contributed by atoms with Crippen LogP contribution in [-0.4, -0.2) is 62.1 Å². The van der Waals surface area contributed by atoms with Crippen LogP contribution in [-0.2, 0) is 0 Å². The molecule has 0 radical (unpaired) electrons. The maximum Gasteiger partial charge on any atom is 0.321 e. The Kier molecular flexibility index (Phi) is 4.45. The first-order valence-electron chi connectivity index (χ1n) is 7.82. The molecule has 0 aromatic heterocycles. The van der Waals surface area contributed by atoms with Crippen LogP contribution in [0, 0.1) is 0 Å². The van der Waals surface area contributed by atoms with Crippen molar-refractivity contribution in [2.45, 2.75) is 18.9 Å². The highest BCUT2D eigenvalue weighted by atomic mass is 35.5. The average molecular weight is 323 g/mol. The number of amides is 2. The lowest BCUT2D eigenvalue weighted by Gasteiger charge is -2.35. The Morgan fingerprint density at radius 1 is 1.23 bits per heavy atom. The smallest absolute Gasteiger partial charge is 0.321 e. The summed E-state index contributed by atoms with van der Waals surface area (Å²) in [4.78, 5) is 18.8. The van der Waals surface area contributed by atoms with E-state index >= 15 is 0 Å². The molecular weight excluding hydrogens is 300 g/mol. The van der Waals surface area contributed by atoms with E-state index in [0.717, 1.165) is 43.6 Å². The predicted molar refractivity (Wildman–Crippen MR) is 91.0 cm³/mol. The quantitative estimate of drug-likeness (QED) is 0.930. The van der Waals surface area contributed by atoms with Gasteiger partial charge < -0.3 is 15.1 Å². The number of rotatable bonds is 3. The van der Waals surface area contributed by atoms with Crippen LogP contribution in [0.3, 0.4) is 0 Å². The maximum absolute atomic E-state index is 12.5. The number of benzene rings is 1. The third-order valence-electron chi connectivity index (χ3n) is 4.34. The average Bonchev–Trinajstić information content (AvgIpc) is 3.31. The lowest BCUT2D eigenvalue weighted by Crippen LogP contribution is -2.50. The van der Waals surface area contributed by atoms with Gasteiger partial charge in [0, 0.05) is 46.3 Å². The van der Waals surface area contributed by atoms with Crippen molar-refractivity contribution in [3.63, 3.8) is 0 Å². The fraction of sp³-hybridized carbons (Fsp3) is 0.562. The number of carbonyl (C=O) groups is 1. The first-order chi connectivity index (χ1) is 10.6. The van der Waals surface area contributed by atoms with Crippen molar-refractivity contribution in [3.8, 4) is 0 Å². The summed E-state index contributed by atoms with van der Waals surface area (Å²) in [5, 5.41) is 3.64. The normalized spacial score (nSPS) is 19.1. The van der Waals surface area contributed by atoms with Gasteiger partial charge in [-0.2, -0.15) is 0 Å². The molecule has 0 unspecified atom stereocenters. The minimum Gasteiger partial charge on any atom is -0.375 e. The molecule has 5 nitrogen and oxygen atoms in total. The standard InChI is InChI=1S/C16H23ClN4O/c1-19(2)15-13(17)4-3-5-14(15)18-16(22)21-10-8-20(9-11-21)12-6-7-12/h3-5,12H,6-11H2,1-2H3,(H,18,22). The van der Waals surface area contributed by atoms with Gasteiger partial charge in [-0.3, -0.25) is 4.90 Å². The number of urea groups is 1. The number of hydrogen-bond acceptors (Lipinski definition) is 3. The van der Waals surface area contributed by atoms with Crippen LogP contribution in [0.15, 0.2) is 18.2 Å². The SMILES string of the molecule is CN(C)c1c(Cl)cccc1NC(=O)N1CCN(C2CC2)CC1. The summed E-state index contributed by atoms with van der Waals surface area (Å²) in [5.41, 5.74) is 1.60. The van der Waals surface area contributed by atoms with Gasteiger partial charge >= 0.3 is 6.03 Å². The van der Waals surface area contributed by atoms with Gasteiger partial charge in [-0.15, -0.1) is 0 Å². The lowest BCUT2D eigenvalue weighted by atomic mass is 10.2. The van der Waals surface area contributed by atoms with Crippen molar-refractivity contribution < 1.29 is 4.79 Å². The van der Waals surface area contributed by atoms with Gasteiger partial charge in [0.25, 0.3) is 0 Å². The number of carbonyl (C=O) groups excluding carboxylic acids is 1. The zero-order valence-corrected chi connectivity index (χ0v) is 13.9. The zero-order valence-electron chi connectivity index (χ0n) is 13.2. The van der Waals surface area contributed by atoms with Crippen LogP contribution in [0.25, 0.3) is 0 Å². The predicted octanol–water partition coefficient (Wildman–Crippen LogP) is 2.72. The number of halogens is 1. The van der Waals surface area contributed by atoms with E-state index in [9.17, 15) is 4.79 Å². The molecular formula is C16H23ClN4O. The molecule has 1 aliphatic heterocycles. The molecule has 1 aromatic rings. The van der Waals surface area contributed by atoms with Crippen LogP contribution in [0.1, 0.15) is 12.8 Å². The summed E-state index contributed by atoms with van der Waals surface area (Å²) in [5.74, 6) is 0. The van der Waals surface area contributed by atoms with E-state index in [2.05, 4.69) is 10.2 Å². The Hall–Kier alpha value is -1.46. The number of nitrogens with zero attached hydrogens (tertiary/aromatic N) is 3. The second-order valence-electron chi connectivity index (χ2n) is 6.21. The Labute approximate surface area is 136 Å². The van der Waals surface area contributed by atoms with Crippen molar-refractivity contribution in [3.05, 3.63) is 23.2 Å². The Bertz CT molecular complexity index is 551. The van der Waals surface area contributed by atoms with Crippen LogP contribution in [0.4, 0.5) is 16.2 Å². The fourth-order valence-electron chi connectivity index (χ4n) is 2.99. The molecule has 1 heterocycles. The number of anilines is 2. The molecule has 1 N–H and O–H groups in total. The van der Waals surface area contributed by atoms with Crippen molar-refractivity contribution >= 4 is 29.0 Å². The van der Waals surface area contributed by atoms with Gasteiger partial charge in [-0.25, -0.2) is 4.79 Å². The molecule has 0 spiro atoms. The minimum absolute atomic E-state index is 0.0409. The molecule has 2 amide bonds. The first-order valence-corrected chi connectivity index (χ1v) is 8.20. The largest absolute Gasteiger partial charge is 0.375 e. The van der Waals surface area contributed by atoms with Crippen molar-refractivity contribution in [2.24, 2.45) is 0 Å². The second kappa shape index (κ2) is 6.34. The highest BCUT2D eigenvalue weighted by Crippen LogP contribution is 2.33. The van der Waals surface area contributed by atoms with E-state index in [-0.39, 0.29) is 6.03 Å². The summed E-state index contributed by atoms with van der Waals surface area (Å²) in [6.45, 7) is 3.54. The maximum atomic E-state index is 12.5. The van der Waals surface area contributed by atoms with Crippen molar-refractivity contribution in [2.75, 3.05) is 50.5 Å². The summed E-state index contributed by atoms with van der Waals surface area (Å²) in [6, 6.07) is 6.32. The van der Waals surface area contributed by atoms with Crippen molar-refractivity contribution in [1.82, 2.24) is 9.80 Å². The molecule has 6 heteroatoms. The van der Waals surface area contributed by atoms with Crippen LogP contribution in [0.5, 0.6) is 0 Å². The number of nitrogens with one attached hydrogen (secondary N) is 1. The van der Waals surface area contributed by atoms with E-state index in [1.54, 1.807) is 0 Å². The van der Waals surface area contributed by atoms with Gasteiger partial charge in [-0.05, 0) is 25.0 Å². The van der Waals surface area contributed by atoms with Gasteiger partial charge in [0.1, 0.15) is 0 Å². The fourth-order valence-corrected chi connectivity index (χ4v) is 3.34. The molecule has 0 bridgehead atoms. The number of piperazine rings is 1. The summed E-state index contributed by atoms with van der Waals surface area (Å²) < 4.78 is 0. The van der Waals surface area contributed by atoms with Gasteiger partial charge in [-0.1, -0.05) is 17.7 Å². The summed E-state index contributed by atoms with van der Waals surface area (Å²) >= 11 is 6.24. The Morgan fingerprint density at radius 2 is 1.91 bits per heavy atom. The third kappa shape index (κ3) is 3.31. The Balaban J connectivity index is 1.63. The summed E-state index contributed by atoms with van der Waals surface area (Å²) in [7, 11) is 3.84. The number of hydrogen-bond donors (Lipinski definition) is 1. The minimum atomic E-state index is -0.0409. The molecule has 3 rings (SSSR count). The topological polar surface area (TPSA) is 38.8 Å². The monoisotopic (exact) mass is 322 g/mol.